The number of imide groups is 1. The molecule has 7 heteroatoms. The topological polar surface area (TPSA) is 79.6 Å². The van der Waals surface area contributed by atoms with Crippen LogP contribution in [0.1, 0.15) is 22.3 Å². The first-order valence-electron chi connectivity index (χ1n) is 9.24. The number of carbonyl (C=O) groups is 3. The first kappa shape index (κ1) is 19.3. The van der Waals surface area contributed by atoms with E-state index in [4.69, 9.17) is 4.42 Å². The molecule has 2 aromatic carbocycles. The van der Waals surface area contributed by atoms with Crippen LogP contribution in [0.2, 0.25) is 0 Å². The standard InChI is InChI=1S/C22H20N2O4S/c1-13-3-8-18-16(11-28-21(18)14(13)2)9-19(25)23-17-6-4-15(5-7-17)10-24-20(26)12-29-22(24)27/h3-8,11H,9-10,12H2,1-2H3,(H,23,25). The number of thioether (sulfide) groups is 1. The lowest BCUT2D eigenvalue weighted by Gasteiger charge is -2.13. The number of amides is 3. The van der Waals surface area contributed by atoms with Crippen molar-refractivity contribution in [3.05, 3.63) is 64.9 Å². The second-order valence-electron chi connectivity index (χ2n) is 7.10. The maximum atomic E-state index is 12.5. The van der Waals surface area contributed by atoms with Crippen LogP contribution >= 0.6 is 11.8 Å². The molecule has 0 unspecified atom stereocenters. The Bertz CT molecular complexity index is 1100. The number of hydrogen-bond donors (Lipinski definition) is 1. The molecule has 3 amide bonds. The number of hydrogen-bond acceptors (Lipinski definition) is 5. The van der Waals surface area contributed by atoms with E-state index < -0.39 is 0 Å². The summed E-state index contributed by atoms with van der Waals surface area (Å²) in [6, 6.07) is 11.2. The third kappa shape index (κ3) is 3.91. The van der Waals surface area contributed by atoms with Gasteiger partial charge in [0.15, 0.2) is 0 Å². The summed E-state index contributed by atoms with van der Waals surface area (Å²) in [7, 11) is 0. The summed E-state index contributed by atoms with van der Waals surface area (Å²) in [6.07, 6.45) is 1.85. The van der Waals surface area contributed by atoms with Gasteiger partial charge < -0.3 is 9.73 Å². The molecular formula is C22H20N2O4S. The van der Waals surface area contributed by atoms with Crippen molar-refractivity contribution >= 4 is 45.5 Å². The minimum atomic E-state index is -0.217. The Labute approximate surface area is 172 Å². The molecule has 0 bridgehead atoms. The molecule has 4 rings (SSSR count). The summed E-state index contributed by atoms with van der Waals surface area (Å²) in [6.45, 7) is 4.29. The van der Waals surface area contributed by atoms with E-state index in [1.165, 1.54) is 4.90 Å². The van der Waals surface area contributed by atoms with Crippen LogP contribution in [0.4, 0.5) is 10.5 Å². The molecule has 1 N–H and O–H groups in total. The van der Waals surface area contributed by atoms with Crippen LogP contribution in [0.25, 0.3) is 11.0 Å². The highest BCUT2D eigenvalue weighted by molar-refractivity contribution is 8.14. The highest BCUT2D eigenvalue weighted by Gasteiger charge is 2.29. The Morgan fingerprint density at radius 2 is 1.90 bits per heavy atom. The molecule has 0 radical (unpaired) electrons. The summed E-state index contributed by atoms with van der Waals surface area (Å²) < 4.78 is 5.67. The van der Waals surface area contributed by atoms with E-state index >= 15 is 0 Å². The molecule has 29 heavy (non-hydrogen) atoms. The van der Waals surface area contributed by atoms with Crippen molar-refractivity contribution in [1.82, 2.24) is 4.90 Å². The summed E-state index contributed by atoms with van der Waals surface area (Å²) >= 11 is 1.02. The Hall–Kier alpha value is -3.06. The summed E-state index contributed by atoms with van der Waals surface area (Å²) in [5.41, 5.74) is 5.39. The van der Waals surface area contributed by atoms with Crippen LogP contribution in [0, 0.1) is 13.8 Å². The van der Waals surface area contributed by atoms with Gasteiger partial charge >= 0.3 is 0 Å². The van der Waals surface area contributed by atoms with Crippen LogP contribution < -0.4 is 5.32 Å². The lowest BCUT2D eigenvalue weighted by atomic mass is 10.0. The maximum Gasteiger partial charge on any atom is 0.289 e. The van der Waals surface area contributed by atoms with E-state index in [9.17, 15) is 14.4 Å². The number of fused-ring (bicyclic) bond motifs is 1. The zero-order valence-electron chi connectivity index (χ0n) is 16.2. The monoisotopic (exact) mass is 408 g/mol. The number of benzene rings is 2. The molecule has 1 aliphatic heterocycles. The lowest BCUT2D eigenvalue weighted by molar-refractivity contribution is -0.125. The van der Waals surface area contributed by atoms with Crippen molar-refractivity contribution in [2.45, 2.75) is 26.8 Å². The highest BCUT2D eigenvalue weighted by atomic mass is 32.2. The van der Waals surface area contributed by atoms with Gasteiger partial charge in [-0.15, -0.1) is 0 Å². The average Bonchev–Trinajstić information content (AvgIpc) is 3.24. The number of furan rings is 1. The van der Waals surface area contributed by atoms with E-state index in [-0.39, 0.29) is 35.8 Å². The van der Waals surface area contributed by atoms with Gasteiger partial charge in [-0.1, -0.05) is 36.0 Å². The molecule has 1 aromatic heterocycles. The molecule has 2 heterocycles. The maximum absolute atomic E-state index is 12.5. The number of rotatable bonds is 5. The van der Waals surface area contributed by atoms with Crippen LogP contribution in [-0.2, 0) is 22.6 Å². The second kappa shape index (κ2) is 7.75. The highest BCUT2D eigenvalue weighted by Crippen LogP contribution is 2.27. The van der Waals surface area contributed by atoms with Crippen molar-refractivity contribution < 1.29 is 18.8 Å². The predicted octanol–water partition coefficient (Wildman–Crippen LogP) is 4.43. The zero-order chi connectivity index (χ0) is 20.5. The van der Waals surface area contributed by atoms with Gasteiger partial charge in [-0.05, 0) is 42.7 Å². The Kier molecular flexibility index (Phi) is 5.15. The number of aryl methyl sites for hydroxylation is 2. The third-order valence-corrected chi connectivity index (χ3v) is 5.97. The van der Waals surface area contributed by atoms with Gasteiger partial charge in [0.25, 0.3) is 5.24 Å². The van der Waals surface area contributed by atoms with Crippen molar-refractivity contribution in [2.75, 3.05) is 11.1 Å². The summed E-state index contributed by atoms with van der Waals surface area (Å²) in [5.74, 6) is -0.107. The van der Waals surface area contributed by atoms with Crippen molar-refractivity contribution in [3.63, 3.8) is 0 Å². The van der Waals surface area contributed by atoms with E-state index in [2.05, 4.69) is 5.32 Å². The summed E-state index contributed by atoms with van der Waals surface area (Å²) in [4.78, 5) is 37.1. The molecule has 1 aliphatic rings. The minimum absolute atomic E-state index is 0.139. The van der Waals surface area contributed by atoms with E-state index in [1.807, 2.05) is 26.0 Å². The molecule has 0 spiro atoms. The quantitative estimate of drug-likeness (QED) is 0.676. The molecule has 1 saturated heterocycles. The molecule has 0 atom stereocenters. The van der Waals surface area contributed by atoms with Crippen LogP contribution in [-0.4, -0.2) is 27.7 Å². The van der Waals surface area contributed by atoms with Gasteiger partial charge in [0.05, 0.1) is 25.0 Å². The number of carbonyl (C=O) groups excluding carboxylic acids is 3. The average molecular weight is 408 g/mol. The van der Waals surface area contributed by atoms with E-state index in [1.54, 1.807) is 30.5 Å². The fourth-order valence-electron chi connectivity index (χ4n) is 3.31. The van der Waals surface area contributed by atoms with Crippen LogP contribution in [0.3, 0.4) is 0 Å². The smallest absolute Gasteiger partial charge is 0.289 e. The first-order valence-corrected chi connectivity index (χ1v) is 10.2. The van der Waals surface area contributed by atoms with Crippen LogP contribution in [0.15, 0.2) is 47.1 Å². The predicted molar refractivity (Wildman–Crippen MR) is 113 cm³/mol. The number of anilines is 1. The molecule has 148 valence electrons. The molecule has 1 fully saturated rings. The van der Waals surface area contributed by atoms with Crippen molar-refractivity contribution in [2.24, 2.45) is 0 Å². The van der Waals surface area contributed by atoms with Gasteiger partial charge in [0, 0.05) is 16.6 Å². The van der Waals surface area contributed by atoms with Gasteiger partial charge in [0.2, 0.25) is 11.8 Å². The Morgan fingerprint density at radius 3 is 2.59 bits per heavy atom. The summed E-state index contributed by atoms with van der Waals surface area (Å²) in [5, 5.41) is 3.61. The first-order chi connectivity index (χ1) is 13.9. The Balaban J connectivity index is 1.41. The molecule has 0 saturated carbocycles. The van der Waals surface area contributed by atoms with Gasteiger partial charge in [-0.3, -0.25) is 19.3 Å². The lowest BCUT2D eigenvalue weighted by Crippen LogP contribution is -2.27. The fraction of sp³-hybridized carbons (Fsp3) is 0.227. The van der Waals surface area contributed by atoms with Crippen LogP contribution in [0.5, 0.6) is 0 Å². The Morgan fingerprint density at radius 1 is 1.14 bits per heavy atom. The SMILES string of the molecule is Cc1ccc2c(CC(=O)Nc3ccc(CN4C(=O)CSC4=O)cc3)coc2c1C. The molecule has 3 aromatic rings. The fourth-order valence-corrected chi connectivity index (χ4v) is 4.04. The molecule has 6 nitrogen and oxygen atoms in total. The second-order valence-corrected chi connectivity index (χ2v) is 8.03. The normalized spacial score (nSPS) is 14.1. The van der Waals surface area contributed by atoms with Gasteiger partial charge in [-0.2, -0.15) is 0 Å². The van der Waals surface area contributed by atoms with E-state index in [0.717, 1.165) is 45.0 Å². The van der Waals surface area contributed by atoms with Gasteiger partial charge in [0.1, 0.15) is 5.58 Å². The third-order valence-electron chi connectivity index (χ3n) is 5.11. The van der Waals surface area contributed by atoms with Gasteiger partial charge in [-0.25, -0.2) is 0 Å². The largest absolute Gasteiger partial charge is 0.464 e. The van der Waals surface area contributed by atoms with Crippen molar-refractivity contribution in [1.29, 1.82) is 0 Å². The molecular weight excluding hydrogens is 388 g/mol. The number of nitrogens with zero attached hydrogens (tertiary/aromatic N) is 1. The van der Waals surface area contributed by atoms with Crippen molar-refractivity contribution in [3.8, 4) is 0 Å². The molecule has 0 aliphatic carbocycles. The minimum Gasteiger partial charge on any atom is -0.464 e. The van der Waals surface area contributed by atoms with E-state index in [0.29, 0.717) is 5.69 Å². The number of nitrogens with one attached hydrogen (secondary N) is 1. The zero-order valence-corrected chi connectivity index (χ0v) is 17.0.